The molecule has 0 spiro atoms. The zero-order valence-electron chi connectivity index (χ0n) is 14.9. The van der Waals surface area contributed by atoms with E-state index in [1.165, 1.54) is 4.90 Å². The van der Waals surface area contributed by atoms with Gasteiger partial charge in [-0.25, -0.2) is 4.90 Å². The summed E-state index contributed by atoms with van der Waals surface area (Å²) in [6.07, 6.45) is 0. The Balaban J connectivity index is 1.64. The molecule has 0 radical (unpaired) electrons. The van der Waals surface area contributed by atoms with Crippen molar-refractivity contribution < 1.29 is 14.7 Å². The van der Waals surface area contributed by atoms with Crippen LogP contribution in [0, 0.1) is 11.8 Å². The van der Waals surface area contributed by atoms with Crippen molar-refractivity contribution in [2.24, 2.45) is 11.8 Å². The van der Waals surface area contributed by atoms with Gasteiger partial charge in [0.05, 0.1) is 17.5 Å². The number of para-hydroxylation sites is 1. The first-order valence-corrected chi connectivity index (χ1v) is 9.48. The van der Waals surface area contributed by atoms with Crippen LogP contribution < -0.4 is 4.90 Å². The van der Waals surface area contributed by atoms with Crippen molar-refractivity contribution in [2.45, 2.75) is 11.5 Å². The number of aliphatic hydroxyl groups is 1. The maximum atomic E-state index is 13.5. The summed E-state index contributed by atoms with van der Waals surface area (Å²) in [5.74, 6) is -2.18. The van der Waals surface area contributed by atoms with Gasteiger partial charge in [-0.3, -0.25) is 9.59 Å². The summed E-state index contributed by atoms with van der Waals surface area (Å²) in [4.78, 5) is 28.3. The van der Waals surface area contributed by atoms with Gasteiger partial charge in [-0.1, -0.05) is 66.7 Å². The second kappa shape index (κ2) is 5.18. The van der Waals surface area contributed by atoms with E-state index in [2.05, 4.69) is 0 Å². The third-order valence-electron chi connectivity index (χ3n) is 6.59. The second-order valence-corrected chi connectivity index (χ2v) is 7.77. The van der Waals surface area contributed by atoms with Crippen LogP contribution in [0.25, 0.3) is 0 Å². The quantitative estimate of drug-likeness (QED) is 0.672. The standard InChI is InChI=1S/C24H17NO3/c26-22-20-19-15-10-4-6-12-17(15)24(28,18-13-7-5-11-16(18)19)21(20)23(27)25(22)14-8-2-1-3-9-14/h1-13,19-21,28H. The van der Waals surface area contributed by atoms with Crippen LogP contribution in [-0.4, -0.2) is 16.9 Å². The van der Waals surface area contributed by atoms with Crippen molar-refractivity contribution in [3.8, 4) is 0 Å². The molecule has 2 atom stereocenters. The molecule has 3 aromatic carbocycles. The summed E-state index contributed by atoms with van der Waals surface area (Å²) in [6, 6.07) is 24.3. The molecule has 1 aliphatic heterocycles. The SMILES string of the molecule is O=C1C2C3c4ccccc4C(O)(c4ccccc43)C2C(=O)N1c1ccccc1. The van der Waals surface area contributed by atoms with Gasteiger partial charge in [0.25, 0.3) is 0 Å². The summed E-state index contributed by atoms with van der Waals surface area (Å²) in [6.45, 7) is 0. The van der Waals surface area contributed by atoms with Crippen molar-refractivity contribution in [2.75, 3.05) is 4.90 Å². The van der Waals surface area contributed by atoms with Crippen LogP contribution in [0.3, 0.4) is 0 Å². The average Bonchev–Trinajstić information content (AvgIpc) is 3.01. The molecule has 0 aromatic heterocycles. The lowest BCUT2D eigenvalue weighted by Gasteiger charge is -2.51. The predicted octanol–water partition coefficient (Wildman–Crippen LogP) is 3.19. The molecule has 3 aromatic rings. The van der Waals surface area contributed by atoms with Gasteiger partial charge in [0, 0.05) is 5.92 Å². The molecule has 2 unspecified atom stereocenters. The first-order valence-electron chi connectivity index (χ1n) is 9.48. The molecule has 3 aliphatic carbocycles. The molecule has 0 saturated carbocycles. The Labute approximate surface area is 162 Å². The summed E-state index contributed by atoms with van der Waals surface area (Å²) in [5, 5.41) is 12.0. The van der Waals surface area contributed by atoms with E-state index in [9.17, 15) is 14.7 Å². The number of imide groups is 1. The van der Waals surface area contributed by atoms with Gasteiger partial charge in [-0.2, -0.15) is 0 Å². The zero-order chi connectivity index (χ0) is 19.0. The lowest BCUT2D eigenvalue weighted by molar-refractivity contribution is -0.133. The van der Waals surface area contributed by atoms with E-state index in [-0.39, 0.29) is 17.7 Å². The number of carbonyl (C=O) groups excluding carboxylic acids is 2. The number of rotatable bonds is 1. The monoisotopic (exact) mass is 367 g/mol. The van der Waals surface area contributed by atoms with Gasteiger partial charge < -0.3 is 5.11 Å². The third-order valence-corrected chi connectivity index (χ3v) is 6.59. The normalized spacial score (nSPS) is 29.5. The average molecular weight is 367 g/mol. The summed E-state index contributed by atoms with van der Waals surface area (Å²) < 4.78 is 0. The highest BCUT2D eigenvalue weighted by atomic mass is 16.3. The van der Waals surface area contributed by atoms with Crippen molar-refractivity contribution >= 4 is 17.5 Å². The number of nitrogens with zero attached hydrogens (tertiary/aromatic N) is 1. The number of hydrogen-bond acceptors (Lipinski definition) is 3. The Morgan fingerprint density at radius 2 is 1.25 bits per heavy atom. The number of carbonyl (C=O) groups is 2. The molecule has 7 rings (SSSR count). The highest BCUT2D eigenvalue weighted by molar-refractivity contribution is 6.23. The van der Waals surface area contributed by atoms with Crippen molar-refractivity contribution in [3.05, 3.63) is 101 Å². The second-order valence-electron chi connectivity index (χ2n) is 7.77. The summed E-state index contributed by atoms with van der Waals surface area (Å²) >= 11 is 0. The highest BCUT2D eigenvalue weighted by Gasteiger charge is 2.68. The highest BCUT2D eigenvalue weighted by Crippen LogP contribution is 2.63. The van der Waals surface area contributed by atoms with Gasteiger partial charge in [0.2, 0.25) is 11.8 Å². The van der Waals surface area contributed by atoms with Crippen molar-refractivity contribution in [1.29, 1.82) is 0 Å². The molecular weight excluding hydrogens is 350 g/mol. The number of anilines is 1. The van der Waals surface area contributed by atoms with E-state index in [1.807, 2.05) is 66.7 Å². The van der Waals surface area contributed by atoms with Gasteiger partial charge in [-0.15, -0.1) is 0 Å². The molecule has 28 heavy (non-hydrogen) atoms. The van der Waals surface area contributed by atoms with Crippen LogP contribution in [-0.2, 0) is 15.2 Å². The van der Waals surface area contributed by atoms with E-state index >= 15 is 0 Å². The van der Waals surface area contributed by atoms with E-state index < -0.39 is 17.4 Å². The van der Waals surface area contributed by atoms with Crippen molar-refractivity contribution in [1.82, 2.24) is 0 Å². The minimum atomic E-state index is -1.50. The maximum absolute atomic E-state index is 13.5. The number of amides is 2. The third kappa shape index (κ3) is 1.65. The lowest BCUT2D eigenvalue weighted by atomic mass is 9.52. The van der Waals surface area contributed by atoms with Gasteiger partial charge in [0.1, 0.15) is 5.60 Å². The zero-order valence-corrected chi connectivity index (χ0v) is 14.9. The fourth-order valence-electron chi connectivity index (χ4n) is 5.56. The largest absolute Gasteiger partial charge is 0.379 e. The molecule has 4 aliphatic rings. The molecule has 136 valence electrons. The molecule has 1 N–H and O–H groups in total. The van der Waals surface area contributed by atoms with E-state index in [1.54, 1.807) is 12.1 Å². The molecule has 2 bridgehead atoms. The smallest absolute Gasteiger partial charge is 0.241 e. The minimum absolute atomic E-state index is 0.225. The topological polar surface area (TPSA) is 57.6 Å². The Morgan fingerprint density at radius 1 is 0.714 bits per heavy atom. The Kier molecular flexibility index (Phi) is 2.92. The van der Waals surface area contributed by atoms with Crippen LogP contribution >= 0.6 is 0 Å². The Bertz CT molecular complexity index is 1110. The van der Waals surface area contributed by atoms with Gasteiger partial charge >= 0.3 is 0 Å². The molecule has 1 heterocycles. The number of hydrogen-bond donors (Lipinski definition) is 1. The summed E-state index contributed by atoms with van der Waals surface area (Å²) in [5.41, 5.74) is 2.44. The molecule has 1 fully saturated rings. The molecule has 4 heteroatoms. The first-order chi connectivity index (χ1) is 13.6. The van der Waals surface area contributed by atoms with Crippen molar-refractivity contribution in [3.63, 3.8) is 0 Å². The van der Waals surface area contributed by atoms with Gasteiger partial charge in [0.15, 0.2) is 0 Å². The van der Waals surface area contributed by atoms with Crippen LogP contribution in [0.15, 0.2) is 78.9 Å². The van der Waals surface area contributed by atoms with E-state index in [0.29, 0.717) is 5.69 Å². The summed E-state index contributed by atoms with van der Waals surface area (Å²) in [7, 11) is 0. The van der Waals surface area contributed by atoms with Crippen LogP contribution in [0.5, 0.6) is 0 Å². The Morgan fingerprint density at radius 3 is 1.86 bits per heavy atom. The maximum Gasteiger partial charge on any atom is 0.241 e. The molecule has 4 nitrogen and oxygen atoms in total. The van der Waals surface area contributed by atoms with Crippen LogP contribution in [0.2, 0.25) is 0 Å². The van der Waals surface area contributed by atoms with E-state index in [0.717, 1.165) is 22.3 Å². The predicted molar refractivity (Wildman–Crippen MR) is 104 cm³/mol. The molecular formula is C24H17NO3. The van der Waals surface area contributed by atoms with Crippen LogP contribution in [0.1, 0.15) is 28.2 Å². The molecule has 1 saturated heterocycles. The Hall–Kier alpha value is -3.24. The fraction of sp³-hybridized carbons (Fsp3) is 0.167. The van der Waals surface area contributed by atoms with E-state index in [4.69, 9.17) is 0 Å². The fourth-order valence-corrected chi connectivity index (χ4v) is 5.56. The lowest BCUT2D eigenvalue weighted by Crippen LogP contribution is -2.53. The molecule has 2 amide bonds. The first kappa shape index (κ1) is 15.8. The number of benzene rings is 3. The van der Waals surface area contributed by atoms with Crippen LogP contribution in [0.4, 0.5) is 5.69 Å². The van der Waals surface area contributed by atoms with Gasteiger partial charge in [-0.05, 0) is 34.4 Å². The minimum Gasteiger partial charge on any atom is -0.379 e.